The number of fused-ring (bicyclic) bond motifs is 7. The van der Waals surface area contributed by atoms with Crippen LogP contribution in [0.4, 0.5) is 0 Å². The van der Waals surface area contributed by atoms with Gasteiger partial charge in [0, 0.05) is 21.7 Å². The molecular weight excluding hydrogens is 609 g/mol. The number of furan rings is 1. The number of rotatable bonds is 4. The molecule has 0 atom stereocenters. The molecule has 50 heavy (non-hydrogen) atoms. The topological polar surface area (TPSA) is 33.4 Å². The summed E-state index contributed by atoms with van der Waals surface area (Å²) >= 11 is 0. The van der Waals surface area contributed by atoms with E-state index in [1.54, 1.807) is 48.5 Å². The molecule has 0 spiro atoms. The van der Waals surface area contributed by atoms with Gasteiger partial charge in [0.15, 0.2) is 0 Å². The first-order valence-corrected chi connectivity index (χ1v) is 15.3. The Hall–Kier alpha value is -6.64. The van der Waals surface area contributed by atoms with Crippen LogP contribution in [-0.4, -0.2) is 5.11 Å². The second-order valence-electron chi connectivity index (χ2n) is 11.3. The number of phenolic OH excluding ortho intramolecular Hbond substituents is 1. The van der Waals surface area contributed by atoms with Crippen LogP contribution in [0.1, 0.15) is 28.8 Å². The summed E-state index contributed by atoms with van der Waals surface area (Å²) in [5.74, 6) is -1.07. The van der Waals surface area contributed by atoms with Crippen LogP contribution < -0.4 is 0 Å². The number of para-hydroxylation sites is 1. The van der Waals surface area contributed by atoms with E-state index in [-0.39, 0.29) is 76.5 Å². The monoisotopic (exact) mass is 659 g/mol. The van der Waals surface area contributed by atoms with Gasteiger partial charge in [0.2, 0.25) is 0 Å². The third-order valence-electron chi connectivity index (χ3n) is 8.60. The van der Waals surface area contributed by atoms with E-state index >= 15 is 0 Å². The molecule has 1 aromatic heterocycles. The summed E-state index contributed by atoms with van der Waals surface area (Å²) in [5, 5.41) is 11.4. The van der Waals surface area contributed by atoms with E-state index in [4.69, 9.17) is 26.3 Å². The molecular formula is C48H30O2. The maximum atomic E-state index is 11.5. The summed E-state index contributed by atoms with van der Waals surface area (Å²) in [6.07, 6.45) is 0. The van der Waals surface area contributed by atoms with Crippen LogP contribution in [0.25, 0.3) is 98.8 Å². The normalized spacial score (nSPS) is 17.6. The summed E-state index contributed by atoms with van der Waals surface area (Å²) in [7, 11) is 0. The number of benzene rings is 9. The number of phenols is 1. The molecule has 2 heteroatoms. The van der Waals surface area contributed by atoms with Crippen molar-refractivity contribution in [3.8, 4) is 50.3 Å². The molecule has 0 unspecified atom stereocenters. The average molecular weight is 660 g/mol. The number of hydrogen-bond acceptors (Lipinski definition) is 2. The van der Waals surface area contributed by atoms with Gasteiger partial charge < -0.3 is 9.52 Å². The smallest absolute Gasteiger partial charge is 0.143 e. The highest BCUT2D eigenvalue weighted by molar-refractivity contribution is 6.27. The zero-order valence-electron chi connectivity index (χ0n) is 46.5. The van der Waals surface area contributed by atoms with E-state index < -0.39 is 155 Å². The predicted molar refractivity (Wildman–Crippen MR) is 210 cm³/mol. The maximum Gasteiger partial charge on any atom is 0.143 e. The molecule has 10 aromatic rings. The quantitative estimate of drug-likeness (QED) is 0.191. The van der Waals surface area contributed by atoms with Gasteiger partial charge in [0.05, 0.1) is 28.8 Å². The molecule has 0 aliphatic heterocycles. The molecule has 0 saturated heterocycles. The van der Waals surface area contributed by atoms with E-state index in [1.165, 1.54) is 0 Å². The number of aromatic hydroxyl groups is 1. The average Bonchev–Trinajstić information content (AvgIpc) is 3.75. The Balaban J connectivity index is 1.44. The van der Waals surface area contributed by atoms with Crippen LogP contribution in [-0.2, 0) is 0 Å². The van der Waals surface area contributed by atoms with Crippen LogP contribution in [0, 0.1) is 0 Å². The van der Waals surface area contributed by atoms with E-state index in [0.29, 0.717) is 0 Å². The highest BCUT2D eigenvalue weighted by Crippen LogP contribution is 2.48. The minimum atomic E-state index is -1.07. The second kappa shape index (κ2) is 11.2. The van der Waals surface area contributed by atoms with Crippen molar-refractivity contribution < 1.29 is 38.3 Å². The van der Waals surface area contributed by atoms with Crippen molar-refractivity contribution in [3.05, 3.63) is 175 Å². The van der Waals surface area contributed by atoms with Crippen molar-refractivity contribution in [1.29, 1.82) is 0 Å². The molecule has 1 N–H and O–H groups in total. The molecule has 10 rings (SSSR count). The van der Waals surface area contributed by atoms with E-state index in [2.05, 4.69) is 0 Å². The van der Waals surface area contributed by atoms with Gasteiger partial charge in [-0.2, -0.15) is 0 Å². The Morgan fingerprint density at radius 1 is 0.440 bits per heavy atom. The summed E-state index contributed by atoms with van der Waals surface area (Å²) in [5.41, 5.74) is -3.63. The first-order chi connectivity index (χ1) is 33.5. The van der Waals surface area contributed by atoms with Crippen LogP contribution >= 0.6 is 0 Å². The molecule has 9 aromatic carbocycles. The van der Waals surface area contributed by atoms with Crippen molar-refractivity contribution in [2.45, 2.75) is 0 Å². The zero-order valence-corrected chi connectivity index (χ0v) is 25.5. The summed E-state index contributed by atoms with van der Waals surface area (Å²) in [4.78, 5) is 0. The molecule has 0 aliphatic rings. The van der Waals surface area contributed by atoms with Crippen LogP contribution in [0.3, 0.4) is 0 Å². The summed E-state index contributed by atoms with van der Waals surface area (Å²) < 4.78 is 193. The molecule has 0 saturated carbocycles. The molecule has 0 fully saturated rings. The maximum absolute atomic E-state index is 11.5. The molecule has 234 valence electrons. The van der Waals surface area contributed by atoms with Gasteiger partial charge >= 0.3 is 0 Å². The minimum absolute atomic E-state index is 0.0322. The Bertz CT molecular complexity index is 3930. The third kappa shape index (κ3) is 4.36. The van der Waals surface area contributed by atoms with Crippen molar-refractivity contribution in [2.24, 2.45) is 0 Å². The van der Waals surface area contributed by atoms with Crippen LogP contribution in [0.15, 0.2) is 180 Å². The first kappa shape index (κ1) is 14.5. The zero-order chi connectivity index (χ0) is 51.5. The first-order valence-electron chi connectivity index (χ1n) is 25.8. The van der Waals surface area contributed by atoms with Gasteiger partial charge in [0.1, 0.15) is 16.9 Å². The van der Waals surface area contributed by atoms with Gasteiger partial charge in [-0.1, -0.05) is 139 Å². The van der Waals surface area contributed by atoms with Crippen LogP contribution in [0.2, 0.25) is 0 Å². The van der Waals surface area contributed by atoms with Crippen molar-refractivity contribution in [2.75, 3.05) is 0 Å². The molecule has 1 heterocycles. The van der Waals surface area contributed by atoms with E-state index in [0.717, 1.165) is 0 Å². The Kier molecular flexibility index (Phi) is 3.24. The lowest BCUT2D eigenvalue weighted by atomic mass is 9.83. The van der Waals surface area contributed by atoms with E-state index in [9.17, 15) is 12.0 Å². The lowest BCUT2D eigenvalue weighted by Gasteiger charge is -2.19. The fourth-order valence-corrected chi connectivity index (χ4v) is 6.53. The van der Waals surface area contributed by atoms with Crippen molar-refractivity contribution in [1.82, 2.24) is 0 Å². The Morgan fingerprint density at radius 3 is 1.84 bits per heavy atom. The lowest BCUT2D eigenvalue weighted by molar-refractivity contribution is 0.477. The molecule has 0 radical (unpaired) electrons. The predicted octanol–water partition coefficient (Wildman–Crippen LogP) is 13.4. The SMILES string of the molecule is [2H]c1c([2H])c([2H])c(-c2c([2H])c(-c3c([2H])c([2H])c([2H])c([2H])c3O)c([2H])c(-c3c4ccccc4c(-c4c([2H])c([2H])c([2H])c5oc6c7c([2H])c([2H])c([2H])c([2H])c7c([2H])c([2H])c6c45)c4ccccc34)c2[2H])c([2H])c1[2H]. The van der Waals surface area contributed by atoms with Crippen molar-refractivity contribution >= 4 is 54.3 Å². The largest absolute Gasteiger partial charge is 0.507 e. The standard InChI is InChI=1S/C48H30O2/c49-43-23-11-10-16-35(43)33-27-32(30-13-2-1-3-14-30)28-34(29-33)45-37-18-6-8-20-39(37)46(40-21-9-7-19-38(40)45)41-22-12-24-44-47(41)42-26-25-31-15-4-5-17-36(31)48(42)50-44/h1-29,49H/i1D,2D,3D,4D,5D,10D,11D,12D,13D,14D,15D,16D,17D,22D,23D,24D,25D,26D,27D,28D,29D. The van der Waals surface area contributed by atoms with E-state index in [1.807, 2.05) is 0 Å². The summed E-state index contributed by atoms with van der Waals surface area (Å²) in [6.45, 7) is 0. The fourth-order valence-electron chi connectivity index (χ4n) is 6.53. The highest BCUT2D eigenvalue weighted by Gasteiger charge is 2.21. The Labute approximate surface area is 318 Å². The molecule has 0 bridgehead atoms. The molecule has 0 amide bonds. The fraction of sp³-hybridized carbons (Fsp3) is 0. The minimum Gasteiger partial charge on any atom is -0.507 e. The third-order valence-corrected chi connectivity index (χ3v) is 8.60. The van der Waals surface area contributed by atoms with Crippen molar-refractivity contribution in [3.63, 3.8) is 0 Å². The van der Waals surface area contributed by atoms with Crippen LogP contribution in [0.5, 0.6) is 5.75 Å². The molecule has 2 nitrogen and oxygen atoms in total. The Morgan fingerprint density at radius 2 is 1.06 bits per heavy atom. The highest BCUT2D eigenvalue weighted by atomic mass is 16.3. The molecule has 0 aliphatic carbocycles. The lowest BCUT2D eigenvalue weighted by Crippen LogP contribution is -1.92. The van der Waals surface area contributed by atoms with Gasteiger partial charge in [0.25, 0.3) is 0 Å². The van der Waals surface area contributed by atoms with Gasteiger partial charge in [-0.15, -0.1) is 0 Å². The number of hydrogen-bond donors (Lipinski definition) is 1. The van der Waals surface area contributed by atoms with Gasteiger partial charge in [-0.25, -0.2) is 0 Å². The second-order valence-corrected chi connectivity index (χ2v) is 11.3. The van der Waals surface area contributed by atoms with Gasteiger partial charge in [-0.3, -0.25) is 0 Å². The summed E-state index contributed by atoms with van der Waals surface area (Å²) in [6, 6.07) is -2.74. The van der Waals surface area contributed by atoms with Gasteiger partial charge in [-0.05, 0) is 102 Å².